The Labute approximate surface area is 85.5 Å². The second-order valence-electron chi connectivity index (χ2n) is 2.77. The van der Waals surface area contributed by atoms with Crippen LogP contribution in [0.5, 0.6) is 0 Å². The third-order valence-electron chi connectivity index (χ3n) is 1.98. The Balaban J connectivity index is 0.000000461. The van der Waals surface area contributed by atoms with E-state index >= 15 is 0 Å². The van der Waals surface area contributed by atoms with Gasteiger partial charge in [0.05, 0.1) is 6.54 Å². The van der Waals surface area contributed by atoms with Crippen LogP contribution in [0.3, 0.4) is 0 Å². The highest BCUT2D eigenvalue weighted by Crippen LogP contribution is 2.12. The summed E-state index contributed by atoms with van der Waals surface area (Å²) in [5, 5.41) is 0. The van der Waals surface area contributed by atoms with E-state index in [1.807, 2.05) is 39.0 Å². The van der Waals surface area contributed by atoms with Crippen molar-refractivity contribution in [3.05, 3.63) is 24.4 Å². The first-order valence-corrected chi connectivity index (χ1v) is 5.07. The number of aliphatic imine (C=N–C) groups is 1. The lowest BCUT2D eigenvalue weighted by Crippen LogP contribution is -2.25. The van der Waals surface area contributed by atoms with E-state index in [0.717, 1.165) is 24.7 Å². The van der Waals surface area contributed by atoms with Crippen molar-refractivity contribution < 1.29 is 0 Å². The zero-order chi connectivity index (χ0) is 10.4. The summed E-state index contributed by atoms with van der Waals surface area (Å²) in [7, 11) is 0. The number of hydrogen-bond donors (Lipinski definition) is 0. The number of hydrogen-bond acceptors (Lipinski definition) is 3. The molecule has 0 radical (unpaired) electrons. The minimum atomic E-state index is 0.891. The van der Waals surface area contributed by atoms with Crippen LogP contribution in [0.15, 0.2) is 29.4 Å². The molecule has 0 spiro atoms. The van der Waals surface area contributed by atoms with Gasteiger partial charge in [0.2, 0.25) is 0 Å². The van der Waals surface area contributed by atoms with E-state index in [1.54, 1.807) is 6.20 Å². The Morgan fingerprint density at radius 1 is 1.29 bits per heavy atom. The number of amidine groups is 1. The molecule has 0 amide bonds. The molecule has 0 atom stereocenters. The first-order chi connectivity index (χ1) is 6.88. The van der Waals surface area contributed by atoms with Crippen molar-refractivity contribution in [1.29, 1.82) is 0 Å². The van der Waals surface area contributed by atoms with E-state index in [-0.39, 0.29) is 0 Å². The van der Waals surface area contributed by atoms with Gasteiger partial charge in [-0.05, 0) is 19.1 Å². The van der Waals surface area contributed by atoms with Crippen molar-refractivity contribution in [2.75, 3.05) is 18.0 Å². The molecule has 1 aromatic heterocycles. The maximum Gasteiger partial charge on any atom is 0.133 e. The molecule has 14 heavy (non-hydrogen) atoms. The predicted octanol–water partition coefficient (Wildman–Crippen LogP) is 2.35. The number of aromatic nitrogens is 1. The molecule has 0 aromatic carbocycles. The third kappa shape index (κ3) is 2.31. The summed E-state index contributed by atoms with van der Waals surface area (Å²) in [4.78, 5) is 10.7. The molecule has 1 aliphatic heterocycles. The largest absolute Gasteiger partial charge is 0.313 e. The maximum atomic E-state index is 4.30. The van der Waals surface area contributed by atoms with Crippen molar-refractivity contribution >= 4 is 11.7 Å². The SMILES string of the molecule is CC.CC1=NCCN1c1ccccn1. The normalized spacial score (nSPS) is 14.5. The first-order valence-electron chi connectivity index (χ1n) is 5.07. The first kappa shape index (κ1) is 10.7. The molecular formula is C11H17N3. The van der Waals surface area contributed by atoms with Crippen molar-refractivity contribution in [2.45, 2.75) is 20.8 Å². The summed E-state index contributed by atoms with van der Waals surface area (Å²) in [6.45, 7) is 7.87. The van der Waals surface area contributed by atoms with Crippen LogP contribution in [-0.4, -0.2) is 23.9 Å². The van der Waals surface area contributed by atoms with Crippen LogP contribution >= 0.6 is 0 Å². The molecule has 2 rings (SSSR count). The van der Waals surface area contributed by atoms with Gasteiger partial charge in [-0.3, -0.25) is 4.99 Å². The van der Waals surface area contributed by atoms with Gasteiger partial charge in [0.15, 0.2) is 0 Å². The Hall–Kier alpha value is -1.38. The lowest BCUT2D eigenvalue weighted by molar-refractivity contribution is 0.998. The summed E-state index contributed by atoms with van der Waals surface area (Å²) >= 11 is 0. The molecule has 3 nitrogen and oxygen atoms in total. The number of anilines is 1. The summed E-state index contributed by atoms with van der Waals surface area (Å²) in [5.74, 6) is 2.06. The number of rotatable bonds is 1. The second kappa shape index (κ2) is 5.37. The molecule has 0 saturated carbocycles. The van der Waals surface area contributed by atoms with E-state index in [9.17, 15) is 0 Å². The molecule has 0 saturated heterocycles. The molecule has 76 valence electrons. The Bertz CT molecular complexity index is 293. The molecular weight excluding hydrogens is 174 g/mol. The molecule has 3 heteroatoms. The van der Waals surface area contributed by atoms with E-state index in [2.05, 4.69) is 14.9 Å². The van der Waals surface area contributed by atoms with Gasteiger partial charge in [0, 0.05) is 12.7 Å². The third-order valence-corrected chi connectivity index (χ3v) is 1.98. The van der Waals surface area contributed by atoms with Gasteiger partial charge in [0.1, 0.15) is 11.7 Å². The van der Waals surface area contributed by atoms with Gasteiger partial charge >= 0.3 is 0 Å². The Morgan fingerprint density at radius 3 is 2.57 bits per heavy atom. The van der Waals surface area contributed by atoms with Crippen molar-refractivity contribution in [3.8, 4) is 0 Å². The lowest BCUT2D eigenvalue weighted by Gasteiger charge is -2.15. The van der Waals surface area contributed by atoms with Crippen LogP contribution in [0.2, 0.25) is 0 Å². The monoisotopic (exact) mass is 191 g/mol. The molecule has 0 fully saturated rings. The van der Waals surface area contributed by atoms with Gasteiger partial charge in [0.25, 0.3) is 0 Å². The van der Waals surface area contributed by atoms with Crippen molar-refractivity contribution in [2.24, 2.45) is 4.99 Å². The molecule has 0 aliphatic carbocycles. The fourth-order valence-electron chi connectivity index (χ4n) is 1.35. The summed E-state index contributed by atoms with van der Waals surface area (Å²) in [6, 6.07) is 5.92. The zero-order valence-corrected chi connectivity index (χ0v) is 9.07. The Morgan fingerprint density at radius 2 is 2.07 bits per heavy atom. The van der Waals surface area contributed by atoms with E-state index in [0.29, 0.717) is 0 Å². The van der Waals surface area contributed by atoms with Crippen LogP contribution in [0.4, 0.5) is 5.82 Å². The highest BCUT2D eigenvalue weighted by Gasteiger charge is 2.14. The van der Waals surface area contributed by atoms with Crippen LogP contribution in [0.25, 0.3) is 0 Å². The van der Waals surface area contributed by atoms with E-state index in [1.165, 1.54) is 0 Å². The van der Waals surface area contributed by atoms with E-state index in [4.69, 9.17) is 0 Å². The minimum absolute atomic E-state index is 0.891. The second-order valence-corrected chi connectivity index (χ2v) is 2.77. The van der Waals surface area contributed by atoms with Crippen LogP contribution in [-0.2, 0) is 0 Å². The average molecular weight is 191 g/mol. The van der Waals surface area contributed by atoms with Gasteiger partial charge in [-0.2, -0.15) is 0 Å². The summed E-state index contributed by atoms with van der Waals surface area (Å²) in [6.07, 6.45) is 1.81. The molecule has 0 unspecified atom stereocenters. The quantitative estimate of drug-likeness (QED) is 0.681. The van der Waals surface area contributed by atoms with Crippen molar-refractivity contribution in [1.82, 2.24) is 4.98 Å². The van der Waals surface area contributed by atoms with Crippen molar-refractivity contribution in [3.63, 3.8) is 0 Å². The number of nitrogens with zero attached hydrogens (tertiary/aromatic N) is 3. The highest BCUT2D eigenvalue weighted by atomic mass is 15.3. The molecule has 0 N–H and O–H groups in total. The number of pyridine rings is 1. The standard InChI is InChI=1S/C9H11N3.C2H6/c1-8-10-6-7-12(8)9-4-2-3-5-11-9;1-2/h2-5H,6-7H2,1H3;1-2H3. The van der Waals surface area contributed by atoms with Gasteiger partial charge in [-0.15, -0.1) is 0 Å². The topological polar surface area (TPSA) is 28.5 Å². The fraction of sp³-hybridized carbons (Fsp3) is 0.455. The van der Waals surface area contributed by atoms with Gasteiger partial charge < -0.3 is 4.90 Å². The lowest BCUT2D eigenvalue weighted by atomic mass is 10.4. The summed E-state index contributed by atoms with van der Waals surface area (Å²) in [5.41, 5.74) is 0. The minimum Gasteiger partial charge on any atom is -0.313 e. The van der Waals surface area contributed by atoms with Crippen LogP contribution in [0, 0.1) is 0 Å². The van der Waals surface area contributed by atoms with Crippen LogP contribution < -0.4 is 4.90 Å². The van der Waals surface area contributed by atoms with Gasteiger partial charge in [-0.1, -0.05) is 19.9 Å². The molecule has 0 bridgehead atoms. The summed E-state index contributed by atoms with van der Waals surface area (Å²) < 4.78 is 0. The van der Waals surface area contributed by atoms with E-state index < -0.39 is 0 Å². The molecule has 1 aromatic rings. The zero-order valence-electron chi connectivity index (χ0n) is 9.07. The predicted molar refractivity (Wildman–Crippen MR) is 60.9 cm³/mol. The van der Waals surface area contributed by atoms with Gasteiger partial charge in [-0.25, -0.2) is 4.98 Å². The fourth-order valence-corrected chi connectivity index (χ4v) is 1.35. The van der Waals surface area contributed by atoms with Crippen LogP contribution in [0.1, 0.15) is 20.8 Å². The average Bonchev–Trinajstić information content (AvgIpc) is 2.69. The molecule has 2 heterocycles. The smallest absolute Gasteiger partial charge is 0.133 e. The Kier molecular flexibility index (Phi) is 4.11. The highest BCUT2D eigenvalue weighted by molar-refractivity contribution is 5.96. The molecule has 1 aliphatic rings. The maximum absolute atomic E-state index is 4.30.